The average Bonchev–Trinajstić information content (AvgIpc) is 2.31. The predicted octanol–water partition coefficient (Wildman–Crippen LogP) is 1.35. The molecule has 0 aromatic heterocycles. The maximum Gasteiger partial charge on any atom is 0.223 e. The third-order valence-corrected chi connectivity index (χ3v) is 3.93. The van der Waals surface area contributed by atoms with Crippen LogP contribution in [0.3, 0.4) is 0 Å². The number of primary amides is 1. The van der Waals surface area contributed by atoms with Crippen molar-refractivity contribution in [3.05, 3.63) is 0 Å². The molecule has 106 valence electrons. The number of unbranched alkanes of at least 4 members (excludes halogenated alkanes) is 2. The first-order valence-electron chi connectivity index (χ1n) is 7.22. The first kappa shape index (κ1) is 15.4. The fraction of sp³-hybridized carbons (Fsp3) is 0.929. The van der Waals surface area contributed by atoms with E-state index in [2.05, 4.69) is 17.1 Å². The Kier molecular flexibility index (Phi) is 6.09. The molecule has 1 aliphatic rings. The van der Waals surface area contributed by atoms with Crippen LogP contribution < -0.4 is 11.1 Å². The van der Waals surface area contributed by atoms with E-state index in [1.807, 2.05) is 13.8 Å². The molecule has 0 aliphatic carbocycles. The van der Waals surface area contributed by atoms with Gasteiger partial charge in [0.1, 0.15) is 0 Å². The Balaban J connectivity index is 2.51. The smallest absolute Gasteiger partial charge is 0.223 e. The number of nitrogens with zero attached hydrogens (tertiary/aromatic N) is 1. The highest BCUT2D eigenvalue weighted by atomic mass is 16.1. The normalized spacial score (nSPS) is 22.1. The van der Waals surface area contributed by atoms with Crippen molar-refractivity contribution in [2.45, 2.75) is 52.5 Å². The van der Waals surface area contributed by atoms with Gasteiger partial charge in [0.25, 0.3) is 0 Å². The number of amides is 1. The van der Waals surface area contributed by atoms with Gasteiger partial charge in [-0.3, -0.25) is 9.69 Å². The molecule has 18 heavy (non-hydrogen) atoms. The van der Waals surface area contributed by atoms with E-state index < -0.39 is 5.41 Å². The number of nitrogens with two attached hydrogens (primary N) is 1. The van der Waals surface area contributed by atoms with Crippen molar-refractivity contribution < 1.29 is 4.79 Å². The predicted molar refractivity (Wildman–Crippen MR) is 75.3 cm³/mol. The van der Waals surface area contributed by atoms with E-state index in [1.54, 1.807) is 0 Å². The van der Waals surface area contributed by atoms with Crippen LogP contribution in [0.15, 0.2) is 0 Å². The van der Waals surface area contributed by atoms with E-state index in [9.17, 15) is 4.79 Å². The standard InChI is InChI=1S/C14H29N3O/c1-4-5-6-8-17-9-7-16-11-12(17)10-14(2,3)13(15)18/h12,16H,4-11H2,1-3H3,(H2,15,18). The van der Waals surface area contributed by atoms with Crippen molar-refractivity contribution in [1.82, 2.24) is 10.2 Å². The van der Waals surface area contributed by atoms with E-state index in [0.29, 0.717) is 6.04 Å². The molecule has 1 atom stereocenters. The molecule has 1 unspecified atom stereocenters. The number of carbonyl (C=O) groups excluding carboxylic acids is 1. The Hall–Kier alpha value is -0.610. The zero-order valence-electron chi connectivity index (χ0n) is 12.2. The van der Waals surface area contributed by atoms with Crippen LogP contribution >= 0.6 is 0 Å². The van der Waals surface area contributed by atoms with Gasteiger partial charge in [0, 0.05) is 31.1 Å². The van der Waals surface area contributed by atoms with Gasteiger partial charge >= 0.3 is 0 Å². The summed E-state index contributed by atoms with van der Waals surface area (Å²) in [5.41, 5.74) is 5.07. The van der Waals surface area contributed by atoms with Gasteiger partial charge < -0.3 is 11.1 Å². The Morgan fingerprint density at radius 3 is 2.78 bits per heavy atom. The zero-order valence-corrected chi connectivity index (χ0v) is 12.2. The largest absolute Gasteiger partial charge is 0.369 e. The monoisotopic (exact) mass is 255 g/mol. The fourth-order valence-electron chi connectivity index (χ4n) is 2.55. The van der Waals surface area contributed by atoms with Crippen molar-refractivity contribution in [3.63, 3.8) is 0 Å². The van der Waals surface area contributed by atoms with Gasteiger partial charge in [0.2, 0.25) is 5.91 Å². The summed E-state index contributed by atoms with van der Waals surface area (Å²) in [5.74, 6) is -0.193. The number of piperazine rings is 1. The summed E-state index contributed by atoms with van der Waals surface area (Å²) in [6, 6.07) is 0.443. The molecule has 1 fully saturated rings. The highest BCUT2D eigenvalue weighted by Crippen LogP contribution is 2.25. The van der Waals surface area contributed by atoms with Crippen LogP contribution in [0.25, 0.3) is 0 Å². The van der Waals surface area contributed by atoms with E-state index in [4.69, 9.17) is 5.73 Å². The van der Waals surface area contributed by atoms with Gasteiger partial charge in [0.15, 0.2) is 0 Å². The molecule has 1 aliphatic heterocycles. The van der Waals surface area contributed by atoms with E-state index in [0.717, 1.165) is 32.6 Å². The van der Waals surface area contributed by atoms with E-state index >= 15 is 0 Å². The summed E-state index contributed by atoms with van der Waals surface area (Å²) in [6.07, 6.45) is 4.64. The van der Waals surface area contributed by atoms with Crippen molar-refractivity contribution >= 4 is 5.91 Å². The first-order valence-corrected chi connectivity index (χ1v) is 7.22. The Bertz CT molecular complexity index is 266. The fourth-order valence-corrected chi connectivity index (χ4v) is 2.55. The molecule has 0 saturated carbocycles. The van der Waals surface area contributed by atoms with Crippen LogP contribution in [-0.2, 0) is 4.79 Å². The second kappa shape index (κ2) is 7.10. The highest BCUT2D eigenvalue weighted by Gasteiger charge is 2.32. The van der Waals surface area contributed by atoms with Gasteiger partial charge in [0.05, 0.1) is 0 Å². The zero-order chi connectivity index (χ0) is 13.6. The lowest BCUT2D eigenvalue weighted by Crippen LogP contribution is -2.53. The maximum absolute atomic E-state index is 11.4. The van der Waals surface area contributed by atoms with Crippen molar-refractivity contribution in [2.24, 2.45) is 11.1 Å². The summed E-state index contributed by atoms with van der Waals surface area (Å²) in [6.45, 7) is 10.4. The molecule has 4 heteroatoms. The van der Waals surface area contributed by atoms with Crippen LogP contribution in [0.1, 0.15) is 46.5 Å². The third-order valence-electron chi connectivity index (χ3n) is 3.93. The Labute approximate surface area is 111 Å². The van der Waals surface area contributed by atoms with Crippen molar-refractivity contribution in [1.29, 1.82) is 0 Å². The molecule has 4 nitrogen and oxygen atoms in total. The number of hydrogen-bond donors (Lipinski definition) is 2. The van der Waals surface area contributed by atoms with Crippen molar-refractivity contribution in [2.75, 3.05) is 26.2 Å². The van der Waals surface area contributed by atoms with E-state index in [-0.39, 0.29) is 5.91 Å². The topological polar surface area (TPSA) is 58.4 Å². The molecule has 3 N–H and O–H groups in total. The molecular formula is C14H29N3O. The summed E-state index contributed by atoms with van der Waals surface area (Å²) in [5, 5.41) is 3.42. The molecule has 1 amide bonds. The molecule has 0 radical (unpaired) electrons. The van der Waals surface area contributed by atoms with Gasteiger partial charge in [-0.15, -0.1) is 0 Å². The average molecular weight is 255 g/mol. The third kappa shape index (κ3) is 4.58. The quantitative estimate of drug-likeness (QED) is 0.675. The van der Waals surface area contributed by atoms with Crippen LogP contribution in [0.5, 0.6) is 0 Å². The minimum absolute atomic E-state index is 0.193. The van der Waals surface area contributed by atoms with Gasteiger partial charge in [-0.2, -0.15) is 0 Å². The minimum Gasteiger partial charge on any atom is -0.369 e. The molecule has 0 bridgehead atoms. The van der Waals surface area contributed by atoms with E-state index in [1.165, 1.54) is 19.3 Å². The lowest BCUT2D eigenvalue weighted by atomic mass is 9.84. The molecular weight excluding hydrogens is 226 g/mol. The first-order chi connectivity index (χ1) is 8.47. The molecule has 0 aromatic rings. The summed E-state index contributed by atoms with van der Waals surface area (Å²) in [4.78, 5) is 14.0. The number of carbonyl (C=O) groups is 1. The minimum atomic E-state index is -0.410. The van der Waals surface area contributed by atoms with Crippen LogP contribution in [0.2, 0.25) is 0 Å². The van der Waals surface area contributed by atoms with Gasteiger partial charge in [-0.25, -0.2) is 0 Å². The number of nitrogens with one attached hydrogen (secondary N) is 1. The van der Waals surface area contributed by atoms with Crippen LogP contribution in [0.4, 0.5) is 0 Å². The Morgan fingerprint density at radius 2 is 2.17 bits per heavy atom. The summed E-state index contributed by atoms with van der Waals surface area (Å²) >= 11 is 0. The van der Waals surface area contributed by atoms with Gasteiger partial charge in [-0.1, -0.05) is 33.6 Å². The maximum atomic E-state index is 11.4. The second-order valence-electron chi connectivity index (χ2n) is 6.05. The lowest BCUT2D eigenvalue weighted by Gasteiger charge is -2.39. The SMILES string of the molecule is CCCCCN1CCNCC1CC(C)(C)C(N)=O. The lowest BCUT2D eigenvalue weighted by molar-refractivity contribution is -0.127. The Morgan fingerprint density at radius 1 is 1.44 bits per heavy atom. The van der Waals surface area contributed by atoms with Crippen molar-refractivity contribution in [3.8, 4) is 0 Å². The number of rotatable bonds is 7. The van der Waals surface area contributed by atoms with Crippen LogP contribution in [0, 0.1) is 5.41 Å². The molecule has 0 aromatic carbocycles. The van der Waals surface area contributed by atoms with Crippen LogP contribution in [-0.4, -0.2) is 43.0 Å². The molecule has 1 saturated heterocycles. The molecule has 1 rings (SSSR count). The molecule has 0 spiro atoms. The highest BCUT2D eigenvalue weighted by molar-refractivity contribution is 5.79. The second-order valence-corrected chi connectivity index (χ2v) is 6.05. The summed E-state index contributed by atoms with van der Waals surface area (Å²) in [7, 11) is 0. The van der Waals surface area contributed by atoms with Gasteiger partial charge in [-0.05, 0) is 19.4 Å². The summed E-state index contributed by atoms with van der Waals surface area (Å²) < 4.78 is 0. The molecule has 1 heterocycles. The number of hydrogen-bond acceptors (Lipinski definition) is 3.